The minimum absolute atomic E-state index is 0.117. The first kappa shape index (κ1) is 20.5. The molecule has 1 heterocycles. The zero-order valence-corrected chi connectivity index (χ0v) is 16.5. The second-order valence-electron chi connectivity index (χ2n) is 7.01. The quantitative estimate of drug-likeness (QED) is 0.505. The van der Waals surface area contributed by atoms with Crippen molar-refractivity contribution in [3.8, 4) is 11.1 Å². The number of aliphatic hydroxyl groups is 1. The summed E-state index contributed by atoms with van der Waals surface area (Å²) in [6, 6.07) is 13.5. The lowest BCUT2D eigenvalue weighted by Crippen LogP contribution is -2.16. The number of fused-ring (bicyclic) bond motifs is 1. The van der Waals surface area contributed by atoms with Crippen molar-refractivity contribution in [1.29, 1.82) is 0 Å². The molecule has 1 amide bonds. The number of benzene rings is 3. The predicted molar refractivity (Wildman–Crippen MR) is 112 cm³/mol. The first-order chi connectivity index (χ1) is 14.9. The maximum Gasteiger partial charge on any atom is 0.420 e. The fourth-order valence-electron chi connectivity index (χ4n) is 3.47. The molecule has 0 spiro atoms. The highest BCUT2D eigenvalue weighted by molar-refractivity contribution is 6.04. The maximum atomic E-state index is 13.8. The molecule has 0 fully saturated rings. The third-order valence-electron chi connectivity index (χ3n) is 4.98. The minimum Gasteiger partial charge on any atom is -0.408 e. The Hall–Kier alpha value is -3.78. The van der Waals surface area contributed by atoms with Crippen LogP contribution < -0.4 is 11.1 Å². The molecule has 1 aromatic heterocycles. The lowest BCUT2D eigenvalue weighted by molar-refractivity contribution is 0.101. The average Bonchev–Trinajstić information content (AvgIpc) is 3.02. The van der Waals surface area contributed by atoms with Gasteiger partial charge >= 0.3 is 5.76 Å². The van der Waals surface area contributed by atoms with Crippen molar-refractivity contribution in [1.82, 2.24) is 4.57 Å². The lowest BCUT2D eigenvalue weighted by atomic mass is 9.99. The Morgan fingerprint density at radius 3 is 2.42 bits per heavy atom. The summed E-state index contributed by atoms with van der Waals surface area (Å²) >= 11 is 0. The van der Waals surface area contributed by atoms with Crippen LogP contribution >= 0.6 is 0 Å². The first-order valence-electron chi connectivity index (χ1n) is 9.49. The van der Waals surface area contributed by atoms with Crippen molar-refractivity contribution < 1.29 is 23.1 Å². The van der Waals surface area contributed by atoms with E-state index < -0.39 is 28.9 Å². The summed E-state index contributed by atoms with van der Waals surface area (Å²) in [6.07, 6.45) is 0. The molecule has 31 heavy (non-hydrogen) atoms. The predicted octanol–water partition coefficient (Wildman–Crippen LogP) is 4.09. The number of nitrogens with one attached hydrogen (secondary N) is 1. The number of aromatic nitrogens is 1. The van der Waals surface area contributed by atoms with Gasteiger partial charge in [-0.1, -0.05) is 18.2 Å². The molecule has 0 aliphatic rings. The number of halogens is 2. The molecule has 0 bridgehead atoms. The standard InChI is InChI=1S/C23H18F2N2O4/c1-13-11-20-19(27(9-10-28)23(30)31-20)12-16(13)14-5-7-15(8-6-14)26-22(29)21-17(24)3-2-4-18(21)25/h2-8,11-12,28H,9-10H2,1H3,(H,26,29). The molecule has 0 radical (unpaired) electrons. The lowest BCUT2D eigenvalue weighted by Gasteiger charge is -2.10. The summed E-state index contributed by atoms with van der Waals surface area (Å²) < 4.78 is 34.2. The Kier molecular flexibility index (Phi) is 5.39. The van der Waals surface area contributed by atoms with E-state index in [0.717, 1.165) is 28.8 Å². The van der Waals surface area contributed by atoms with E-state index in [9.17, 15) is 23.5 Å². The van der Waals surface area contributed by atoms with Crippen molar-refractivity contribution in [3.63, 3.8) is 0 Å². The smallest absolute Gasteiger partial charge is 0.408 e. The van der Waals surface area contributed by atoms with Crippen molar-refractivity contribution in [2.75, 3.05) is 11.9 Å². The van der Waals surface area contributed by atoms with Crippen LogP contribution in [-0.2, 0) is 6.54 Å². The summed E-state index contributed by atoms with van der Waals surface area (Å²) in [5, 5.41) is 11.7. The topological polar surface area (TPSA) is 84.5 Å². The Morgan fingerprint density at radius 2 is 1.77 bits per heavy atom. The molecule has 0 aliphatic carbocycles. The van der Waals surface area contributed by atoms with Gasteiger partial charge in [-0.05, 0) is 60.0 Å². The Balaban J connectivity index is 1.64. The summed E-state index contributed by atoms with van der Waals surface area (Å²) in [7, 11) is 0. The number of nitrogens with zero attached hydrogens (tertiary/aromatic N) is 1. The van der Waals surface area contributed by atoms with Gasteiger partial charge in [0.25, 0.3) is 5.91 Å². The summed E-state index contributed by atoms with van der Waals surface area (Å²) in [4.78, 5) is 24.2. The van der Waals surface area contributed by atoms with Crippen LogP contribution in [-0.4, -0.2) is 22.2 Å². The van der Waals surface area contributed by atoms with Gasteiger partial charge in [0, 0.05) is 5.69 Å². The third-order valence-corrected chi connectivity index (χ3v) is 4.98. The van der Waals surface area contributed by atoms with Crippen LogP contribution in [0.4, 0.5) is 14.5 Å². The fraction of sp³-hybridized carbons (Fsp3) is 0.130. The molecule has 4 aromatic rings. The van der Waals surface area contributed by atoms with Gasteiger partial charge in [-0.2, -0.15) is 0 Å². The zero-order chi connectivity index (χ0) is 22.1. The van der Waals surface area contributed by atoms with Crippen LogP contribution in [0.3, 0.4) is 0 Å². The van der Waals surface area contributed by atoms with Crippen LogP contribution in [0, 0.1) is 18.6 Å². The maximum absolute atomic E-state index is 13.8. The van der Waals surface area contributed by atoms with Crippen LogP contribution in [0.5, 0.6) is 0 Å². The molecule has 8 heteroatoms. The minimum atomic E-state index is -0.938. The van der Waals surface area contributed by atoms with Gasteiger partial charge in [-0.25, -0.2) is 13.6 Å². The molecule has 2 N–H and O–H groups in total. The molecule has 3 aromatic carbocycles. The Bertz CT molecular complexity index is 1320. The van der Waals surface area contributed by atoms with Gasteiger partial charge < -0.3 is 14.8 Å². The van der Waals surface area contributed by atoms with Crippen LogP contribution in [0.2, 0.25) is 0 Å². The monoisotopic (exact) mass is 424 g/mol. The number of carbonyl (C=O) groups excluding carboxylic acids is 1. The molecule has 0 aliphatic heterocycles. The largest absolute Gasteiger partial charge is 0.420 e. The Morgan fingerprint density at radius 1 is 1.10 bits per heavy atom. The van der Waals surface area contributed by atoms with E-state index in [2.05, 4.69) is 5.32 Å². The van der Waals surface area contributed by atoms with Gasteiger partial charge in [-0.3, -0.25) is 9.36 Å². The first-order valence-corrected chi connectivity index (χ1v) is 9.49. The number of hydrogen-bond donors (Lipinski definition) is 2. The van der Waals surface area contributed by atoms with E-state index in [-0.39, 0.29) is 13.2 Å². The van der Waals surface area contributed by atoms with Gasteiger partial charge in [0.1, 0.15) is 17.2 Å². The molecule has 0 unspecified atom stereocenters. The van der Waals surface area contributed by atoms with Crippen LogP contribution in [0.25, 0.3) is 22.2 Å². The number of rotatable bonds is 5. The number of anilines is 1. The molecular formula is C23H18F2N2O4. The van der Waals surface area contributed by atoms with Gasteiger partial charge in [0.2, 0.25) is 0 Å². The molecule has 6 nitrogen and oxygen atoms in total. The van der Waals surface area contributed by atoms with Crippen LogP contribution in [0.1, 0.15) is 15.9 Å². The number of aliphatic hydroxyl groups excluding tert-OH is 1. The van der Waals surface area contributed by atoms with E-state index in [1.165, 1.54) is 10.6 Å². The summed E-state index contributed by atoms with van der Waals surface area (Å²) in [5.74, 6) is -3.30. The van der Waals surface area contributed by atoms with Crippen molar-refractivity contribution >= 4 is 22.7 Å². The second kappa shape index (κ2) is 8.16. The van der Waals surface area contributed by atoms with E-state index in [4.69, 9.17) is 4.42 Å². The zero-order valence-electron chi connectivity index (χ0n) is 16.5. The van der Waals surface area contributed by atoms with E-state index >= 15 is 0 Å². The SMILES string of the molecule is Cc1cc2oc(=O)n(CCO)c2cc1-c1ccc(NC(=O)c2c(F)cccc2F)cc1. The van der Waals surface area contributed by atoms with Crippen molar-refractivity contribution in [2.45, 2.75) is 13.5 Å². The van der Waals surface area contributed by atoms with Crippen molar-refractivity contribution in [2.24, 2.45) is 0 Å². The molecule has 0 atom stereocenters. The van der Waals surface area contributed by atoms with Gasteiger partial charge in [-0.15, -0.1) is 0 Å². The summed E-state index contributed by atoms with van der Waals surface area (Å²) in [6.45, 7) is 1.79. The van der Waals surface area contributed by atoms with E-state index in [0.29, 0.717) is 16.8 Å². The molecule has 0 saturated heterocycles. The highest BCUT2D eigenvalue weighted by atomic mass is 19.1. The van der Waals surface area contributed by atoms with E-state index in [1.54, 1.807) is 36.4 Å². The average molecular weight is 424 g/mol. The normalized spacial score (nSPS) is 11.1. The van der Waals surface area contributed by atoms with Crippen molar-refractivity contribution in [3.05, 3.63) is 87.9 Å². The third kappa shape index (κ3) is 3.85. The van der Waals surface area contributed by atoms with Crippen LogP contribution in [0.15, 0.2) is 63.8 Å². The highest BCUT2D eigenvalue weighted by Crippen LogP contribution is 2.29. The fourth-order valence-corrected chi connectivity index (χ4v) is 3.47. The van der Waals surface area contributed by atoms with Gasteiger partial charge in [0.05, 0.1) is 18.7 Å². The number of amides is 1. The second-order valence-corrected chi connectivity index (χ2v) is 7.01. The number of carbonyl (C=O) groups is 1. The molecular weight excluding hydrogens is 406 g/mol. The number of oxazole rings is 1. The van der Waals surface area contributed by atoms with Gasteiger partial charge in [0.15, 0.2) is 5.58 Å². The number of hydrogen-bond acceptors (Lipinski definition) is 4. The highest BCUT2D eigenvalue weighted by Gasteiger charge is 2.17. The molecule has 4 rings (SSSR count). The Labute approximate surface area is 175 Å². The molecule has 0 saturated carbocycles. The summed E-state index contributed by atoms with van der Waals surface area (Å²) in [5.41, 5.74) is 3.21. The molecule has 158 valence electrons. The van der Waals surface area contributed by atoms with E-state index in [1.807, 2.05) is 6.92 Å². The number of aryl methyl sites for hydroxylation is 1.